The molecule has 4 rings (SSSR count). The zero-order valence-corrected chi connectivity index (χ0v) is 20.8. The second-order valence-electron chi connectivity index (χ2n) is 7.70. The molecule has 0 spiro atoms. The van der Waals surface area contributed by atoms with E-state index in [0.29, 0.717) is 29.2 Å². The Balaban J connectivity index is 1.66. The summed E-state index contributed by atoms with van der Waals surface area (Å²) in [6.45, 7) is 3.08. The summed E-state index contributed by atoms with van der Waals surface area (Å²) in [4.78, 5) is 18.0. The van der Waals surface area contributed by atoms with Gasteiger partial charge in [-0.05, 0) is 55.0 Å². The molecule has 0 radical (unpaired) electrons. The van der Waals surface area contributed by atoms with Crippen LogP contribution in [0.3, 0.4) is 0 Å². The van der Waals surface area contributed by atoms with Crippen LogP contribution < -0.4 is 9.11 Å². The van der Waals surface area contributed by atoms with Crippen molar-refractivity contribution < 1.29 is 17.9 Å². The van der Waals surface area contributed by atoms with Gasteiger partial charge in [0.25, 0.3) is 15.9 Å². The third-order valence-electron chi connectivity index (χ3n) is 5.50. The first-order chi connectivity index (χ1) is 16.3. The Morgan fingerprint density at radius 1 is 1.03 bits per heavy atom. The number of aromatic nitrogens is 1. The molecule has 1 aromatic heterocycles. The standard InChI is InChI=1S/C25H25N3O4S2/c1-18-8-7-11-22-23(18)28(16-17-32-3)25(33-22)26-24(29)19-12-14-21(15-13-19)34(30,31)27(2)20-9-5-4-6-10-20/h4-15H,16-17H2,1-3H3. The van der Waals surface area contributed by atoms with Crippen molar-refractivity contribution in [3.8, 4) is 0 Å². The maximum atomic E-state index is 13.0. The van der Waals surface area contributed by atoms with E-state index in [0.717, 1.165) is 15.8 Å². The predicted molar refractivity (Wildman–Crippen MR) is 135 cm³/mol. The number of rotatable bonds is 7. The fraction of sp³-hybridized carbons (Fsp3) is 0.200. The molecule has 0 aliphatic carbocycles. The van der Waals surface area contributed by atoms with Crippen LogP contribution in [0.1, 0.15) is 15.9 Å². The van der Waals surface area contributed by atoms with Gasteiger partial charge < -0.3 is 9.30 Å². The average Bonchev–Trinajstić information content (AvgIpc) is 3.20. The van der Waals surface area contributed by atoms with Crippen molar-refractivity contribution in [2.24, 2.45) is 4.99 Å². The Morgan fingerprint density at radius 3 is 2.41 bits per heavy atom. The molecule has 9 heteroatoms. The summed E-state index contributed by atoms with van der Waals surface area (Å²) in [5.74, 6) is -0.435. The van der Waals surface area contributed by atoms with Crippen molar-refractivity contribution in [2.45, 2.75) is 18.4 Å². The number of hydrogen-bond acceptors (Lipinski definition) is 5. The lowest BCUT2D eigenvalue weighted by Crippen LogP contribution is -2.26. The molecule has 3 aromatic carbocycles. The molecule has 4 aromatic rings. The number of ether oxygens (including phenoxy) is 1. The van der Waals surface area contributed by atoms with Crippen LogP contribution in [0.15, 0.2) is 82.7 Å². The number of fused-ring (bicyclic) bond motifs is 1. The number of hydrogen-bond donors (Lipinski definition) is 0. The topological polar surface area (TPSA) is 81.0 Å². The van der Waals surface area contributed by atoms with E-state index in [2.05, 4.69) is 4.99 Å². The minimum Gasteiger partial charge on any atom is -0.383 e. The molecular weight excluding hydrogens is 470 g/mol. The van der Waals surface area contributed by atoms with Gasteiger partial charge in [0, 0.05) is 26.3 Å². The number of para-hydroxylation sites is 2. The Morgan fingerprint density at radius 2 is 1.74 bits per heavy atom. The number of aryl methyl sites for hydroxylation is 1. The first-order valence-electron chi connectivity index (χ1n) is 10.6. The van der Waals surface area contributed by atoms with Gasteiger partial charge >= 0.3 is 0 Å². The summed E-state index contributed by atoms with van der Waals surface area (Å²) in [5.41, 5.74) is 2.99. The summed E-state index contributed by atoms with van der Waals surface area (Å²) in [5, 5.41) is 0. The lowest BCUT2D eigenvalue weighted by Gasteiger charge is -2.19. The largest absolute Gasteiger partial charge is 0.383 e. The van der Waals surface area contributed by atoms with E-state index < -0.39 is 15.9 Å². The van der Waals surface area contributed by atoms with Gasteiger partial charge in [-0.15, -0.1) is 0 Å². The predicted octanol–water partition coefficient (Wildman–Crippen LogP) is 4.22. The van der Waals surface area contributed by atoms with Crippen molar-refractivity contribution in [3.05, 3.63) is 88.7 Å². The van der Waals surface area contributed by atoms with Crippen LogP contribution in [-0.4, -0.2) is 39.7 Å². The lowest BCUT2D eigenvalue weighted by atomic mass is 10.2. The summed E-state index contributed by atoms with van der Waals surface area (Å²) >= 11 is 1.44. The van der Waals surface area contributed by atoms with E-state index in [1.165, 1.54) is 47.0 Å². The molecule has 176 valence electrons. The van der Waals surface area contributed by atoms with Crippen LogP contribution in [0, 0.1) is 6.92 Å². The van der Waals surface area contributed by atoms with Crippen LogP contribution in [0.25, 0.3) is 10.2 Å². The van der Waals surface area contributed by atoms with E-state index in [1.807, 2.05) is 35.8 Å². The van der Waals surface area contributed by atoms with E-state index in [1.54, 1.807) is 31.4 Å². The number of carbonyl (C=O) groups excluding carboxylic acids is 1. The van der Waals surface area contributed by atoms with Gasteiger partial charge in [-0.2, -0.15) is 4.99 Å². The number of benzene rings is 3. The zero-order chi connectivity index (χ0) is 24.3. The van der Waals surface area contributed by atoms with E-state index in [-0.39, 0.29) is 4.90 Å². The van der Waals surface area contributed by atoms with Crippen molar-refractivity contribution in [2.75, 3.05) is 25.1 Å². The van der Waals surface area contributed by atoms with E-state index >= 15 is 0 Å². The number of thiazole rings is 1. The summed E-state index contributed by atoms with van der Waals surface area (Å²) in [6, 6.07) is 20.7. The van der Waals surface area contributed by atoms with Crippen molar-refractivity contribution in [1.29, 1.82) is 0 Å². The molecule has 0 N–H and O–H groups in total. The van der Waals surface area contributed by atoms with Crippen LogP contribution in [0.2, 0.25) is 0 Å². The molecule has 0 aliphatic rings. The molecule has 0 saturated carbocycles. The molecule has 0 bridgehead atoms. The van der Waals surface area contributed by atoms with Gasteiger partial charge in [0.05, 0.1) is 27.4 Å². The van der Waals surface area contributed by atoms with E-state index in [9.17, 15) is 13.2 Å². The number of carbonyl (C=O) groups is 1. The van der Waals surface area contributed by atoms with Crippen molar-refractivity contribution in [1.82, 2.24) is 4.57 Å². The van der Waals surface area contributed by atoms with Crippen LogP contribution in [-0.2, 0) is 21.3 Å². The van der Waals surface area contributed by atoms with E-state index in [4.69, 9.17) is 4.74 Å². The summed E-state index contributed by atoms with van der Waals surface area (Å²) in [7, 11) is -0.622. The fourth-order valence-corrected chi connectivity index (χ4v) is 5.97. The number of anilines is 1. The van der Waals surface area contributed by atoms with Gasteiger partial charge in [0.1, 0.15) is 0 Å². The minimum absolute atomic E-state index is 0.100. The summed E-state index contributed by atoms with van der Waals surface area (Å²) in [6.07, 6.45) is 0. The van der Waals surface area contributed by atoms with Gasteiger partial charge in [-0.3, -0.25) is 9.10 Å². The molecule has 0 atom stereocenters. The number of amides is 1. The Bertz CT molecular complexity index is 1490. The quantitative estimate of drug-likeness (QED) is 0.384. The Labute approximate surface area is 202 Å². The number of sulfonamides is 1. The first kappa shape index (κ1) is 23.9. The number of nitrogens with zero attached hydrogens (tertiary/aromatic N) is 3. The van der Waals surface area contributed by atoms with Crippen LogP contribution >= 0.6 is 11.3 Å². The highest BCUT2D eigenvalue weighted by Crippen LogP contribution is 2.23. The highest BCUT2D eigenvalue weighted by atomic mass is 32.2. The average molecular weight is 496 g/mol. The molecule has 1 heterocycles. The first-order valence-corrected chi connectivity index (χ1v) is 12.9. The highest BCUT2D eigenvalue weighted by molar-refractivity contribution is 7.92. The smallest absolute Gasteiger partial charge is 0.279 e. The SMILES string of the molecule is COCCn1c(=NC(=O)c2ccc(S(=O)(=O)N(C)c3ccccc3)cc2)sc2cccc(C)c21. The lowest BCUT2D eigenvalue weighted by molar-refractivity contribution is 0.0997. The molecule has 0 saturated heterocycles. The highest BCUT2D eigenvalue weighted by Gasteiger charge is 2.21. The van der Waals surface area contributed by atoms with Crippen LogP contribution in [0.4, 0.5) is 5.69 Å². The zero-order valence-electron chi connectivity index (χ0n) is 19.1. The van der Waals surface area contributed by atoms with Crippen molar-refractivity contribution in [3.63, 3.8) is 0 Å². The normalized spacial score (nSPS) is 12.3. The Kier molecular flexibility index (Phi) is 6.97. The molecule has 0 fully saturated rings. The second kappa shape index (κ2) is 9.92. The minimum atomic E-state index is -3.76. The van der Waals surface area contributed by atoms with Gasteiger partial charge in [0.15, 0.2) is 4.80 Å². The molecule has 1 amide bonds. The maximum Gasteiger partial charge on any atom is 0.279 e. The molecule has 0 aliphatic heterocycles. The van der Waals surface area contributed by atoms with Gasteiger partial charge in [-0.1, -0.05) is 41.7 Å². The monoisotopic (exact) mass is 495 g/mol. The molecule has 0 unspecified atom stereocenters. The maximum absolute atomic E-state index is 13.0. The molecule has 34 heavy (non-hydrogen) atoms. The molecule has 7 nitrogen and oxygen atoms in total. The van der Waals surface area contributed by atoms with Crippen LogP contribution in [0.5, 0.6) is 0 Å². The van der Waals surface area contributed by atoms with Gasteiger partial charge in [0.2, 0.25) is 0 Å². The molecular formula is C25H25N3O4S2. The fourth-order valence-electron chi connectivity index (χ4n) is 3.64. The number of methoxy groups -OCH3 is 1. The van der Waals surface area contributed by atoms with Crippen molar-refractivity contribution >= 4 is 43.2 Å². The Hall–Kier alpha value is -3.27. The summed E-state index contributed by atoms with van der Waals surface area (Å²) < 4.78 is 35.5. The third-order valence-corrected chi connectivity index (χ3v) is 8.34. The second-order valence-corrected chi connectivity index (χ2v) is 10.7. The van der Waals surface area contributed by atoms with Gasteiger partial charge in [-0.25, -0.2) is 8.42 Å². The third kappa shape index (κ3) is 4.68.